The molecule has 0 bridgehead atoms. The van der Waals surface area contributed by atoms with Crippen molar-refractivity contribution in [2.24, 2.45) is 5.73 Å². The summed E-state index contributed by atoms with van der Waals surface area (Å²) in [5, 5.41) is 7.66. The number of methoxy groups -OCH3 is 1. The van der Waals surface area contributed by atoms with Gasteiger partial charge in [-0.05, 0) is 52.7 Å². The van der Waals surface area contributed by atoms with Gasteiger partial charge in [-0.3, -0.25) is 10.00 Å². The van der Waals surface area contributed by atoms with E-state index in [1.807, 2.05) is 45.9 Å². The van der Waals surface area contributed by atoms with Crippen LogP contribution in [0.2, 0.25) is 0 Å². The Morgan fingerprint density at radius 2 is 1.97 bits per heavy atom. The molecule has 7 heteroatoms. The van der Waals surface area contributed by atoms with Gasteiger partial charge in [-0.25, -0.2) is 4.79 Å². The highest BCUT2D eigenvalue weighted by atomic mass is 16.6. The maximum atomic E-state index is 12.2. The minimum absolute atomic E-state index is 0.524. The van der Waals surface area contributed by atoms with Gasteiger partial charge in [0.15, 0.2) is 0 Å². The van der Waals surface area contributed by atoms with E-state index in [4.69, 9.17) is 20.3 Å². The second-order valence-corrected chi connectivity index (χ2v) is 8.43. The second kappa shape index (κ2) is 10.4. The summed E-state index contributed by atoms with van der Waals surface area (Å²) >= 11 is 0. The maximum Gasteiger partial charge on any atom is 0.412 e. The quantitative estimate of drug-likeness (QED) is 0.572. The first kappa shape index (κ1) is 24.3. The summed E-state index contributed by atoms with van der Waals surface area (Å²) in [6.07, 6.45) is 4.25. The highest BCUT2D eigenvalue weighted by Gasteiger charge is 2.22. The summed E-state index contributed by atoms with van der Waals surface area (Å²) < 4.78 is 13.0. The van der Waals surface area contributed by atoms with Crippen molar-refractivity contribution in [1.29, 1.82) is 0 Å². The van der Waals surface area contributed by atoms with Gasteiger partial charge in [0.25, 0.3) is 0 Å². The third-order valence-corrected chi connectivity index (χ3v) is 4.69. The Morgan fingerprint density at radius 1 is 1.26 bits per heavy atom. The lowest BCUT2D eigenvalue weighted by molar-refractivity contribution is 0.0635. The largest absolute Gasteiger partial charge is 0.495 e. The van der Waals surface area contributed by atoms with Gasteiger partial charge in [0, 0.05) is 29.1 Å². The second-order valence-electron chi connectivity index (χ2n) is 8.43. The molecule has 0 saturated carbocycles. The number of anilines is 1. The third-order valence-electron chi connectivity index (χ3n) is 4.69. The van der Waals surface area contributed by atoms with Crippen molar-refractivity contribution in [2.75, 3.05) is 12.4 Å². The number of allylic oxidation sites excluding steroid dienone is 1. The standard InChI is InChI=1S/C24H36N4O3/c1-8-11-19-21(17(25)10-3)22(27-28(19)14-9-2)16-12-13-18(20(15-16)30-7)26-23(29)31-24(4,5)6/h10,12-13,15H,8-9,11,14,25H2,1-7H3,(H,26,29)/b17-10+. The normalized spacial score (nSPS) is 12.0. The number of amides is 1. The molecule has 2 rings (SSSR count). The van der Waals surface area contributed by atoms with E-state index in [2.05, 4.69) is 23.8 Å². The van der Waals surface area contributed by atoms with Crippen molar-refractivity contribution in [3.63, 3.8) is 0 Å². The fourth-order valence-electron chi connectivity index (χ4n) is 3.39. The smallest absolute Gasteiger partial charge is 0.412 e. The number of hydrogen-bond acceptors (Lipinski definition) is 5. The van der Waals surface area contributed by atoms with Gasteiger partial charge in [0.05, 0.1) is 12.8 Å². The lowest BCUT2D eigenvalue weighted by Crippen LogP contribution is -2.27. The van der Waals surface area contributed by atoms with Crippen molar-refractivity contribution in [3.05, 3.63) is 35.5 Å². The molecule has 2 aromatic rings. The van der Waals surface area contributed by atoms with Gasteiger partial charge >= 0.3 is 6.09 Å². The van der Waals surface area contributed by atoms with Crippen molar-refractivity contribution in [2.45, 2.75) is 73.0 Å². The molecule has 0 saturated heterocycles. The van der Waals surface area contributed by atoms with E-state index in [-0.39, 0.29) is 0 Å². The van der Waals surface area contributed by atoms with Gasteiger partial charge in [0.2, 0.25) is 0 Å². The fourth-order valence-corrected chi connectivity index (χ4v) is 3.39. The minimum Gasteiger partial charge on any atom is -0.495 e. The molecule has 0 aliphatic rings. The number of ether oxygens (including phenoxy) is 2. The van der Waals surface area contributed by atoms with Crippen LogP contribution >= 0.6 is 0 Å². The Morgan fingerprint density at radius 3 is 2.52 bits per heavy atom. The highest BCUT2D eigenvalue weighted by Crippen LogP contribution is 2.35. The van der Waals surface area contributed by atoms with E-state index in [1.165, 1.54) is 0 Å². The van der Waals surface area contributed by atoms with Crippen LogP contribution < -0.4 is 15.8 Å². The minimum atomic E-state index is -0.585. The Bertz CT molecular complexity index is 939. The molecule has 170 valence electrons. The number of carbonyl (C=O) groups is 1. The Hall–Kier alpha value is -2.96. The predicted molar refractivity (Wildman–Crippen MR) is 126 cm³/mol. The Labute approximate surface area is 185 Å². The number of nitrogens with zero attached hydrogens (tertiary/aromatic N) is 2. The van der Waals surface area contributed by atoms with Crippen LogP contribution in [0.1, 0.15) is 65.6 Å². The number of rotatable bonds is 8. The van der Waals surface area contributed by atoms with Crippen LogP contribution in [0.4, 0.5) is 10.5 Å². The van der Waals surface area contributed by atoms with Crippen molar-refractivity contribution in [3.8, 4) is 17.0 Å². The summed E-state index contributed by atoms with van der Waals surface area (Å²) in [5.74, 6) is 0.524. The molecule has 3 N–H and O–H groups in total. The van der Waals surface area contributed by atoms with Crippen LogP contribution in [0.15, 0.2) is 24.3 Å². The topological polar surface area (TPSA) is 91.4 Å². The van der Waals surface area contributed by atoms with Crippen LogP contribution in [0.3, 0.4) is 0 Å². The first-order chi connectivity index (χ1) is 14.6. The zero-order valence-corrected chi connectivity index (χ0v) is 19.8. The molecule has 1 aromatic heterocycles. The average molecular weight is 429 g/mol. The lowest BCUT2D eigenvalue weighted by atomic mass is 10.0. The summed E-state index contributed by atoms with van der Waals surface area (Å²) in [7, 11) is 1.57. The van der Waals surface area contributed by atoms with Crippen LogP contribution in [0, 0.1) is 0 Å². The number of nitrogens with two attached hydrogens (primary N) is 1. The predicted octanol–water partition coefficient (Wildman–Crippen LogP) is 5.59. The van der Waals surface area contributed by atoms with Gasteiger partial charge in [-0.15, -0.1) is 0 Å². The zero-order chi connectivity index (χ0) is 23.2. The number of aryl methyl sites for hydroxylation is 1. The average Bonchev–Trinajstić information content (AvgIpc) is 3.05. The number of carbonyl (C=O) groups excluding carboxylic acids is 1. The molecule has 0 spiro atoms. The molecule has 31 heavy (non-hydrogen) atoms. The zero-order valence-electron chi connectivity index (χ0n) is 19.8. The van der Waals surface area contributed by atoms with Gasteiger partial charge in [-0.1, -0.05) is 32.4 Å². The first-order valence-corrected chi connectivity index (χ1v) is 10.8. The summed E-state index contributed by atoms with van der Waals surface area (Å²) in [6.45, 7) is 12.5. The van der Waals surface area contributed by atoms with Gasteiger partial charge < -0.3 is 15.2 Å². The highest BCUT2D eigenvalue weighted by molar-refractivity contribution is 5.88. The van der Waals surface area contributed by atoms with E-state index in [9.17, 15) is 4.79 Å². The van der Waals surface area contributed by atoms with Crippen LogP contribution in [-0.4, -0.2) is 28.6 Å². The van der Waals surface area contributed by atoms with E-state index < -0.39 is 11.7 Å². The number of nitrogens with one attached hydrogen (secondary N) is 1. The number of aromatic nitrogens is 2. The summed E-state index contributed by atoms with van der Waals surface area (Å²) in [4.78, 5) is 12.2. The maximum absolute atomic E-state index is 12.2. The van der Waals surface area contributed by atoms with Crippen LogP contribution in [0.5, 0.6) is 5.75 Å². The summed E-state index contributed by atoms with van der Waals surface area (Å²) in [5.41, 5.74) is 10.8. The van der Waals surface area contributed by atoms with Crippen molar-refractivity contribution >= 4 is 17.5 Å². The van der Waals surface area contributed by atoms with Crippen molar-refractivity contribution < 1.29 is 14.3 Å². The van der Waals surface area contributed by atoms with E-state index in [0.29, 0.717) is 17.1 Å². The number of hydrogen-bond donors (Lipinski definition) is 2. The first-order valence-electron chi connectivity index (χ1n) is 10.8. The molecular formula is C24H36N4O3. The van der Waals surface area contributed by atoms with Gasteiger partial charge in [-0.2, -0.15) is 5.10 Å². The molecule has 1 heterocycles. The van der Waals surface area contributed by atoms with E-state index in [0.717, 1.165) is 48.3 Å². The molecule has 0 fully saturated rings. The monoisotopic (exact) mass is 428 g/mol. The lowest BCUT2D eigenvalue weighted by Gasteiger charge is -2.20. The molecule has 0 aliphatic heterocycles. The van der Waals surface area contributed by atoms with Crippen molar-refractivity contribution in [1.82, 2.24) is 9.78 Å². The molecule has 1 aromatic carbocycles. The molecule has 1 amide bonds. The molecule has 0 atom stereocenters. The SMILES string of the molecule is C/C=C(/N)c1c(-c2ccc(NC(=O)OC(C)(C)C)c(OC)c2)nn(CCC)c1CCC. The third kappa shape index (κ3) is 6.03. The van der Waals surface area contributed by atoms with Gasteiger partial charge in [0.1, 0.15) is 17.0 Å². The fraction of sp³-hybridized carbons (Fsp3) is 0.500. The Balaban J connectivity index is 2.53. The molecule has 0 radical (unpaired) electrons. The van der Waals surface area contributed by atoms with Crippen LogP contribution in [0.25, 0.3) is 17.0 Å². The molecule has 7 nitrogen and oxygen atoms in total. The van der Waals surface area contributed by atoms with E-state index >= 15 is 0 Å². The Kier molecular flexibility index (Phi) is 8.14. The number of benzene rings is 1. The van der Waals surface area contributed by atoms with Crippen LogP contribution in [-0.2, 0) is 17.7 Å². The molecular weight excluding hydrogens is 392 g/mol. The molecule has 0 aliphatic carbocycles. The molecule has 0 unspecified atom stereocenters. The van der Waals surface area contributed by atoms with E-state index in [1.54, 1.807) is 13.2 Å². The summed E-state index contributed by atoms with van der Waals surface area (Å²) in [6, 6.07) is 5.58.